The topological polar surface area (TPSA) is 78.4 Å². The molecule has 5 nitrogen and oxygen atoms in total. The van der Waals surface area contributed by atoms with Crippen molar-refractivity contribution in [3.05, 3.63) is 40.7 Å². The fraction of sp³-hybridized carbons (Fsp3) is 0.231. The van der Waals surface area contributed by atoms with Gasteiger partial charge in [-0.05, 0) is 30.7 Å². The maximum atomic E-state index is 13.0. The number of carbonyl (C=O) groups is 2. The molecule has 0 saturated carbocycles. The number of halogens is 1. The third kappa shape index (κ3) is 2.79. The van der Waals surface area contributed by atoms with E-state index in [1.165, 1.54) is 6.07 Å². The van der Waals surface area contributed by atoms with Gasteiger partial charge in [-0.2, -0.15) is 0 Å². The SMILES string of the molecule is CC(C(=O)Nc1ccc(F)cc1C(=O)O)=C1CNC1. The smallest absolute Gasteiger partial charge is 0.337 e. The minimum Gasteiger partial charge on any atom is -0.478 e. The highest BCUT2D eigenvalue weighted by Gasteiger charge is 2.18. The first kappa shape index (κ1) is 13.2. The molecule has 3 N–H and O–H groups in total. The molecular weight excluding hydrogens is 251 g/mol. The molecule has 0 atom stereocenters. The molecule has 1 heterocycles. The standard InChI is InChI=1S/C13H13FN2O3/c1-7(8-5-15-6-8)12(17)16-11-3-2-9(14)4-10(11)13(18)19/h2-4,15H,5-6H2,1H3,(H,16,17)(H,18,19). The third-order valence-electron chi connectivity index (χ3n) is 3.01. The van der Waals surface area contributed by atoms with Gasteiger partial charge in [-0.1, -0.05) is 0 Å². The number of anilines is 1. The number of hydrogen-bond acceptors (Lipinski definition) is 3. The Kier molecular flexibility index (Phi) is 3.62. The number of benzene rings is 1. The third-order valence-corrected chi connectivity index (χ3v) is 3.01. The van der Waals surface area contributed by atoms with E-state index >= 15 is 0 Å². The number of nitrogens with one attached hydrogen (secondary N) is 2. The molecule has 1 fully saturated rings. The Labute approximate surface area is 109 Å². The molecule has 0 unspecified atom stereocenters. The van der Waals surface area contributed by atoms with Crippen LogP contribution in [-0.4, -0.2) is 30.1 Å². The van der Waals surface area contributed by atoms with Gasteiger partial charge in [0.05, 0.1) is 11.3 Å². The monoisotopic (exact) mass is 264 g/mol. The van der Waals surface area contributed by atoms with Crippen molar-refractivity contribution < 1.29 is 19.1 Å². The summed E-state index contributed by atoms with van der Waals surface area (Å²) in [6.07, 6.45) is 0. The summed E-state index contributed by atoms with van der Waals surface area (Å²) < 4.78 is 13.0. The summed E-state index contributed by atoms with van der Waals surface area (Å²) in [5.41, 5.74) is 1.36. The number of carboxylic acids is 1. The second kappa shape index (κ2) is 5.19. The second-order valence-corrected chi connectivity index (χ2v) is 4.28. The van der Waals surface area contributed by atoms with Crippen molar-refractivity contribution >= 4 is 17.6 Å². The summed E-state index contributed by atoms with van der Waals surface area (Å²) >= 11 is 0. The number of carbonyl (C=O) groups excluding carboxylic acids is 1. The Bertz CT molecular complexity index is 575. The lowest BCUT2D eigenvalue weighted by atomic mass is 10.0. The van der Waals surface area contributed by atoms with Gasteiger partial charge in [0, 0.05) is 18.7 Å². The van der Waals surface area contributed by atoms with Crippen LogP contribution < -0.4 is 10.6 Å². The van der Waals surface area contributed by atoms with Crippen LogP contribution in [0.5, 0.6) is 0 Å². The highest BCUT2D eigenvalue weighted by Crippen LogP contribution is 2.19. The molecule has 0 aromatic heterocycles. The Hall–Kier alpha value is -2.21. The van der Waals surface area contributed by atoms with Crippen molar-refractivity contribution in [2.45, 2.75) is 6.92 Å². The van der Waals surface area contributed by atoms with Crippen LogP contribution in [0.25, 0.3) is 0 Å². The van der Waals surface area contributed by atoms with Gasteiger partial charge in [-0.15, -0.1) is 0 Å². The van der Waals surface area contributed by atoms with Crippen LogP contribution >= 0.6 is 0 Å². The molecule has 1 saturated heterocycles. The lowest BCUT2D eigenvalue weighted by Crippen LogP contribution is -2.36. The molecule has 1 amide bonds. The molecule has 1 aliphatic rings. The molecule has 2 rings (SSSR count). The zero-order valence-electron chi connectivity index (χ0n) is 10.3. The molecule has 1 aromatic rings. The van der Waals surface area contributed by atoms with Gasteiger partial charge in [0.25, 0.3) is 5.91 Å². The van der Waals surface area contributed by atoms with Gasteiger partial charge < -0.3 is 15.7 Å². The van der Waals surface area contributed by atoms with E-state index in [-0.39, 0.29) is 17.2 Å². The van der Waals surface area contributed by atoms with Crippen molar-refractivity contribution in [3.8, 4) is 0 Å². The summed E-state index contributed by atoms with van der Waals surface area (Å²) in [5.74, 6) is -2.32. The molecule has 0 bridgehead atoms. The minimum absolute atomic E-state index is 0.0890. The first-order chi connectivity index (χ1) is 8.99. The van der Waals surface area contributed by atoms with E-state index in [2.05, 4.69) is 10.6 Å². The summed E-state index contributed by atoms with van der Waals surface area (Å²) in [5, 5.41) is 14.5. The summed E-state index contributed by atoms with van der Waals surface area (Å²) in [6.45, 7) is 3.00. The zero-order chi connectivity index (χ0) is 14.0. The van der Waals surface area contributed by atoms with Crippen LogP contribution in [0.4, 0.5) is 10.1 Å². The fourth-order valence-corrected chi connectivity index (χ4v) is 1.69. The first-order valence-electron chi connectivity index (χ1n) is 5.72. The molecule has 19 heavy (non-hydrogen) atoms. The molecule has 1 aliphatic heterocycles. The van der Waals surface area contributed by atoms with Crippen molar-refractivity contribution in [2.24, 2.45) is 0 Å². The summed E-state index contributed by atoms with van der Waals surface area (Å²) in [6, 6.07) is 3.23. The van der Waals surface area contributed by atoms with Gasteiger partial charge >= 0.3 is 5.97 Å². The lowest BCUT2D eigenvalue weighted by Gasteiger charge is -2.21. The zero-order valence-corrected chi connectivity index (χ0v) is 10.3. The van der Waals surface area contributed by atoms with Crippen LogP contribution in [0.2, 0.25) is 0 Å². The second-order valence-electron chi connectivity index (χ2n) is 4.28. The number of carboxylic acid groups (broad SMARTS) is 1. The van der Waals surface area contributed by atoms with Gasteiger partial charge in [-0.3, -0.25) is 4.79 Å². The average Bonchev–Trinajstić information content (AvgIpc) is 2.28. The molecule has 1 aromatic carbocycles. The van der Waals surface area contributed by atoms with Crippen LogP contribution in [0.3, 0.4) is 0 Å². The van der Waals surface area contributed by atoms with Crippen LogP contribution in [0, 0.1) is 5.82 Å². The Morgan fingerprint density at radius 2 is 2.05 bits per heavy atom. The predicted molar refractivity (Wildman–Crippen MR) is 67.6 cm³/mol. The van der Waals surface area contributed by atoms with Gasteiger partial charge in [0.15, 0.2) is 0 Å². The number of amides is 1. The van der Waals surface area contributed by atoms with Crippen LogP contribution in [-0.2, 0) is 4.79 Å². The van der Waals surface area contributed by atoms with Crippen molar-refractivity contribution in [1.29, 1.82) is 0 Å². The van der Waals surface area contributed by atoms with E-state index in [1.807, 2.05) is 0 Å². The van der Waals surface area contributed by atoms with E-state index in [0.717, 1.165) is 17.7 Å². The van der Waals surface area contributed by atoms with Crippen molar-refractivity contribution in [2.75, 3.05) is 18.4 Å². The predicted octanol–water partition coefficient (Wildman–Crippen LogP) is 1.38. The Balaban J connectivity index is 2.24. The molecule has 0 radical (unpaired) electrons. The molecule has 0 spiro atoms. The molecule has 0 aliphatic carbocycles. The molecule has 100 valence electrons. The largest absolute Gasteiger partial charge is 0.478 e. The van der Waals surface area contributed by atoms with Crippen molar-refractivity contribution in [3.63, 3.8) is 0 Å². The van der Waals surface area contributed by atoms with Gasteiger partial charge in [0.2, 0.25) is 0 Å². The van der Waals surface area contributed by atoms with E-state index in [4.69, 9.17) is 5.11 Å². The number of rotatable bonds is 3. The van der Waals surface area contributed by atoms with E-state index in [9.17, 15) is 14.0 Å². The van der Waals surface area contributed by atoms with Gasteiger partial charge in [0.1, 0.15) is 5.82 Å². The fourth-order valence-electron chi connectivity index (χ4n) is 1.69. The van der Waals surface area contributed by atoms with E-state index < -0.39 is 11.8 Å². The number of aromatic carboxylic acids is 1. The average molecular weight is 264 g/mol. The Morgan fingerprint density at radius 3 is 2.58 bits per heavy atom. The van der Waals surface area contributed by atoms with Crippen LogP contribution in [0.1, 0.15) is 17.3 Å². The minimum atomic E-state index is -1.29. The van der Waals surface area contributed by atoms with E-state index in [0.29, 0.717) is 18.7 Å². The van der Waals surface area contributed by atoms with Gasteiger partial charge in [-0.25, -0.2) is 9.18 Å². The van der Waals surface area contributed by atoms with Crippen molar-refractivity contribution in [1.82, 2.24) is 5.32 Å². The highest BCUT2D eigenvalue weighted by atomic mass is 19.1. The lowest BCUT2D eigenvalue weighted by molar-refractivity contribution is -0.112. The quantitative estimate of drug-likeness (QED) is 0.721. The molecular formula is C13H13FN2O3. The first-order valence-corrected chi connectivity index (χ1v) is 5.72. The molecule has 6 heteroatoms. The van der Waals surface area contributed by atoms with E-state index in [1.54, 1.807) is 6.92 Å². The maximum absolute atomic E-state index is 13.0. The number of hydrogen-bond donors (Lipinski definition) is 3. The van der Waals surface area contributed by atoms with Crippen LogP contribution in [0.15, 0.2) is 29.3 Å². The highest BCUT2D eigenvalue weighted by molar-refractivity contribution is 6.07. The maximum Gasteiger partial charge on any atom is 0.337 e. The summed E-state index contributed by atoms with van der Waals surface area (Å²) in [7, 11) is 0. The Morgan fingerprint density at radius 1 is 1.37 bits per heavy atom. The summed E-state index contributed by atoms with van der Waals surface area (Å²) in [4.78, 5) is 22.9. The normalized spacial score (nSPS) is 13.7.